The number of hydrogen-bond donors (Lipinski definition) is 0. The zero-order valence-corrected chi connectivity index (χ0v) is 15.0. The van der Waals surface area contributed by atoms with Gasteiger partial charge in [0.1, 0.15) is 5.52 Å². The van der Waals surface area contributed by atoms with Crippen LogP contribution in [0.25, 0.3) is 38.5 Å². The molecule has 0 unspecified atom stereocenters. The van der Waals surface area contributed by atoms with E-state index in [1.54, 1.807) is 0 Å². The van der Waals surface area contributed by atoms with Crippen LogP contribution in [0, 0.1) is 20.8 Å². The molecular weight excluding hydrogens is 306 g/mol. The second-order valence-electron chi connectivity index (χ2n) is 7.01. The fourth-order valence-electron chi connectivity index (χ4n) is 4.06. The van der Waals surface area contributed by atoms with Crippen molar-refractivity contribution in [1.29, 1.82) is 0 Å². The molecule has 0 aliphatic rings. The van der Waals surface area contributed by atoms with E-state index in [1.807, 2.05) is 6.20 Å². The molecular formula is C22H20N3+. The quantitative estimate of drug-likeness (QED) is 0.302. The Labute approximate surface area is 146 Å². The molecule has 3 nitrogen and oxygen atoms in total. The Morgan fingerprint density at radius 1 is 0.880 bits per heavy atom. The number of imidazole rings is 1. The monoisotopic (exact) mass is 326 g/mol. The maximum atomic E-state index is 4.78. The molecule has 3 heteroatoms. The van der Waals surface area contributed by atoms with Crippen LogP contribution in [0.4, 0.5) is 0 Å². The molecule has 3 aromatic heterocycles. The first-order chi connectivity index (χ1) is 12.1. The van der Waals surface area contributed by atoms with Crippen LogP contribution in [0.1, 0.15) is 16.7 Å². The number of rotatable bonds is 0. The molecule has 0 radical (unpaired) electrons. The Bertz CT molecular complexity index is 1330. The van der Waals surface area contributed by atoms with Gasteiger partial charge in [-0.3, -0.25) is 4.98 Å². The molecule has 0 bridgehead atoms. The molecule has 0 aliphatic carbocycles. The van der Waals surface area contributed by atoms with Gasteiger partial charge in [0, 0.05) is 11.6 Å². The third-order valence-electron chi connectivity index (χ3n) is 5.50. The van der Waals surface area contributed by atoms with Gasteiger partial charge in [-0.2, -0.15) is 4.40 Å². The highest BCUT2D eigenvalue weighted by atomic mass is 15.1. The number of aromatic nitrogens is 3. The predicted octanol–water partition coefficient (Wildman–Crippen LogP) is 4.54. The highest BCUT2D eigenvalue weighted by molar-refractivity contribution is 6.12. The molecule has 0 spiro atoms. The highest BCUT2D eigenvalue weighted by Crippen LogP contribution is 2.33. The Hall–Kier alpha value is -2.94. The van der Waals surface area contributed by atoms with Crippen LogP contribution in [-0.2, 0) is 7.05 Å². The summed E-state index contributed by atoms with van der Waals surface area (Å²) in [6.07, 6.45) is 1.92. The van der Waals surface area contributed by atoms with Crippen molar-refractivity contribution in [2.75, 3.05) is 0 Å². The smallest absolute Gasteiger partial charge is 0.255 e. The third kappa shape index (κ3) is 1.75. The summed E-state index contributed by atoms with van der Waals surface area (Å²) in [5.41, 5.74) is 9.85. The summed E-state index contributed by atoms with van der Waals surface area (Å²) in [5, 5.41) is 2.45. The molecule has 0 fully saturated rings. The molecule has 5 aromatic rings. The first kappa shape index (κ1) is 14.4. The van der Waals surface area contributed by atoms with E-state index in [0.717, 1.165) is 5.52 Å². The highest BCUT2D eigenvalue weighted by Gasteiger charge is 2.24. The second kappa shape index (κ2) is 4.79. The molecule has 25 heavy (non-hydrogen) atoms. The van der Waals surface area contributed by atoms with E-state index < -0.39 is 0 Å². The van der Waals surface area contributed by atoms with Gasteiger partial charge in [0.15, 0.2) is 11.0 Å². The summed E-state index contributed by atoms with van der Waals surface area (Å²) in [6, 6.07) is 15.3. The van der Waals surface area contributed by atoms with Crippen molar-refractivity contribution in [2.24, 2.45) is 7.05 Å². The lowest BCUT2D eigenvalue weighted by Gasteiger charge is -2.08. The number of aryl methyl sites for hydroxylation is 4. The molecule has 0 saturated carbocycles. The predicted molar refractivity (Wildman–Crippen MR) is 103 cm³/mol. The van der Waals surface area contributed by atoms with Crippen molar-refractivity contribution < 1.29 is 4.57 Å². The van der Waals surface area contributed by atoms with Crippen molar-refractivity contribution in [2.45, 2.75) is 20.8 Å². The van der Waals surface area contributed by atoms with Gasteiger partial charge in [-0.25, -0.2) is 4.57 Å². The van der Waals surface area contributed by atoms with Gasteiger partial charge in [-0.1, -0.05) is 12.1 Å². The molecule has 0 saturated heterocycles. The van der Waals surface area contributed by atoms with E-state index in [1.165, 1.54) is 49.7 Å². The van der Waals surface area contributed by atoms with Gasteiger partial charge in [0.2, 0.25) is 0 Å². The molecule has 5 rings (SSSR count). The molecule has 0 atom stereocenters. The lowest BCUT2D eigenvalue weighted by atomic mass is 10.0. The largest absolute Gasteiger partial charge is 0.297 e. The van der Waals surface area contributed by atoms with Gasteiger partial charge in [0.05, 0.1) is 18.0 Å². The van der Waals surface area contributed by atoms with Gasteiger partial charge < -0.3 is 0 Å². The van der Waals surface area contributed by atoms with Crippen molar-refractivity contribution in [1.82, 2.24) is 9.38 Å². The van der Waals surface area contributed by atoms with Crippen LogP contribution in [0.5, 0.6) is 0 Å². The average Bonchev–Trinajstić information content (AvgIpc) is 2.90. The van der Waals surface area contributed by atoms with E-state index in [9.17, 15) is 0 Å². The van der Waals surface area contributed by atoms with Gasteiger partial charge in [-0.15, -0.1) is 0 Å². The van der Waals surface area contributed by atoms with Crippen LogP contribution in [-0.4, -0.2) is 9.38 Å². The molecule has 3 heterocycles. The maximum Gasteiger partial charge on any atom is 0.297 e. The number of para-hydroxylation sites is 2. The third-order valence-corrected chi connectivity index (χ3v) is 5.50. The Balaban J connectivity index is 2.27. The normalized spacial score (nSPS) is 12.0. The zero-order chi connectivity index (χ0) is 17.3. The Morgan fingerprint density at radius 2 is 1.64 bits per heavy atom. The summed E-state index contributed by atoms with van der Waals surface area (Å²) in [4.78, 5) is 4.78. The van der Waals surface area contributed by atoms with E-state index in [-0.39, 0.29) is 0 Å². The first-order valence-corrected chi connectivity index (χ1v) is 8.65. The molecule has 2 aromatic carbocycles. The van der Waals surface area contributed by atoms with E-state index in [2.05, 4.69) is 79.3 Å². The summed E-state index contributed by atoms with van der Waals surface area (Å²) >= 11 is 0. The van der Waals surface area contributed by atoms with Crippen LogP contribution in [0.3, 0.4) is 0 Å². The lowest BCUT2D eigenvalue weighted by Crippen LogP contribution is -2.27. The van der Waals surface area contributed by atoms with Crippen molar-refractivity contribution >= 4 is 38.5 Å². The number of pyridine rings is 2. The van der Waals surface area contributed by atoms with E-state index >= 15 is 0 Å². The molecule has 0 aliphatic heterocycles. The minimum absolute atomic E-state index is 1.09. The Kier molecular flexibility index (Phi) is 2.76. The fourth-order valence-corrected chi connectivity index (χ4v) is 4.06. The molecule has 0 amide bonds. The minimum atomic E-state index is 1.09. The van der Waals surface area contributed by atoms with Gasteiger partial charge >= 0.3 is 0 Å². The molecule has 0 N–H and O–H groups in total. The van der Waals surface area contributed by atoms with Crippen molar-refractivity contribution in [3.05, 3.63) is 65.4 Å². The molecule has 122 valence electrons. The van der Waals surface area contributed by atoms with E-state index in [0.29, 0.717) is 0 Å². The van der Waals surface area contributed by atoms with Crippen molar-refractivity contribution in [3.8, 4) is 0 Å². The lowest BCUT2D eigenvalue weighted by molar-refractivity contribution is -0.617. The Morgan fingerprint density at radius 3 is 2.48 bits per heavy atom. The SMILES string of the molecule is Cc1cc2c3nccc(C)c3c3n(c2cc1C)c1ccccc1[n+]3C. The topological polar surface area (TPSA) is 21.2 Å². The first-order valence-electron chi connectivity index (χ1n) is 8.65. The summed E-state index contributed by atoms with van der Waals surface area (Å²) in [7, 11) is 2.15. The summed E-state index contributed by atoms with van der Waals surface area (Å²) in [5.74, 6) is 0. The van der Waals surface area contributed by atoms with Crippen LogP contribution in [0.15, 0.2) is 48.7 Å². The zero-order valence-electron chi connectivity index (χ0n) is 15.0. The average molecular weight is 326 g/mol. The summed E-state index contributed by atoms with van der Waals surface area (Å²) < 4.78 is 4.69. The van der Waals surface area contributed by atoms with Crippen LogP contribution in [0.2, 0.25) is 0 Å². The van der Waals surface area contributed by atoms with Gasteiger partial charge in [0.25, 0.3) is 5.65 Å². The number of nitrogens with zero attached hydrogens (tertiary/aromatic N) is 3. The summed E-state index contributed by atoms with van der Waals surface area (Å²) in [6.45, 7) is 6.53. The number of fused-ring (bicyclic) bond motifs is 8. The standard InChI is InChI=1S/C22H20N3/c1-13-9-10-23-21-16-11-14(2)15(3)12-19(16)25-18-8-6-5-7-17(18)24(4)22(25)20(13)21/h5-12H,1-4H3/q+1. The fraction of sp³-hybridized carbons (Fsp3) is 0.182. The van der Waals surface area contributed by atoms with Crippen molar-refractivity contribution in [3.63, 3.8) is 0 Å². The van der Waals surface area contributed by atoms with Crippen LogP contribution >= 0.6 is 0 Å². The minimum Gasteiger partial charge on any atom is -0.255 e. The van der Waals surface area contributed by atoms with Crippen LogP contribution < -0.4 is 4.57 Å². The number of hydrogen-bond acceptors (Lipinski definition) is 1. The van der Waals surface area contributed by atoms with E-state index in [4.69, 9.17) is 4.98 Å². The number of benzene rings is 2. The van der Waals surface area contributed by atoms with Gasteiger partial charge in [-0.05, 0) is 67.8 Å². The second-order valence-corrected chi connectivity index (χ2v) is 7.01. The maximum absolute atomic E-state index is 4.78.